The molecule has 2 N–H and O–H groups in total. The van der Waals surface area contributed by atoms with Crippen molar-refractivity contribution in [3.05, 3.63) is 87.6 Å². The first kappa shape index (κ1) is 22.3. The fourth-order valence-electron chi connectivity index (χ4n) is 3.36. The summed E-state index contributed by atoms with van der Waals surface area (Å²) in [5.74, 6) is -1.98. The lowest BCUT2D eigenvalue weighted by molar-refractivity contribution is 0.0685. The minimum absolute atomic E-state index is 0.0163. The molecule has 0 bridgehead atoms. The topological polar surface area (TPSA) is 102 Å². The lowest BCUT2D eigenvalue weighted by atomic mass is 9.99. The minimum atomic E-state index is -4.30. The van der Waals surface area contributed by atoms with E-state index in [0.29, 0.717) is 10.0 Å². The Bertz CT molecular complexity index is 1280. The first-order valence-corrected chi connectivity index (χ1v) is 11.7. The molecule has 0 spiro atoms. The van der Waals surface area contributed by atoms with Crippen molar-refractivity contribution < 1.29 is 32.2 Å². The van der Waals surface area contributed by atoms with Crippen molar-refractivity contribution in [2.45, 2.75) is 10.9 Å². The number of fused-ring (bicyclic) bond motifs is 1. The molecule has 32 heavy (non-hydrogen) atoms. The Balaban J connectivity index is 1.80. The van der Waals surface area contributed by atoms with Gasteiger partial charge in [0.25, 0.3) is 0 Å². The monoisotopic (exact) mass is 521 g/mol. The summed E-state index contributed by atoms with van der Waals surface area (Å²) in [6.07, 6.45) is 0. The average Bonchev–Trinajstić information content (AvgIpc) is 2.77. The normalized spacial score (nSPS) is 14.1. The van der Waals surface area contributed by atoms with E-state index in [1.165, 1.54) is 18.2 Å². The van der Waals surface area contributed by atoms with Gasteiger partial charge >= 0.3 is 5.97 Å². The third-order valence-electron chi connectivity index (χ3n) is 4.84. The number of hydrogen-bond acceptors (Lipinski definition) is 5. The van der Waals surface area contributed by atoms with Crippen LogP contribution >= 0.6 is 15.9 Å². The molecule has 0 aromatic heterocycles. The zero-order valence-electron chi connectivity index (χ0n) is 16.4. The van der Waals surface area contributed by atoms with Crippen LogP contribution in [0.2, 0.25) is 0 Å². The summed E-state index contributed by atoms with van der Waals surface area (Å²) in [6.45, 7) is 0.302. The summed E-state index contributed by atoms with van der Waals surface area (Å²) in [6, 6.07) is 14.0. The number of nitrogens with one attached hydrogen (secondary N) is 1. The van der Waals surface area contributed by atoms with E-state index in [0.717, 1.165) is 6.07 Å². The van der Waals surface area contributed by atoms with E-state index in [9.17, 15) is 22.7 Å². The lowest BCUT2D eigenvalue weighted by Gasteiger charge is -2.23. The Labute approximate surface area is 192 Å². The summed E-state index contributed by atoms with van der Waals surface area (Å²) in [4.78, 5) is 11.4. The number of sulfonamides is 1. The zero-order valence-corrected chi connectivity index (χ0v) is 18.8. The summed E-state index contributed by atoms with van der Waals surface area (Å²) < 4.78 is 55.1. The number of halogens is 2. The van der Waals surface area contributed by atoms with E-state index in [4.69, 9.17) is 9.47 Å². The van der Waals surface area contributed by atoms with Crippen LogP contribution in [0.1, 0.15) is 27.5 Å². The van der Waals surface area contributed by atoms with Gasteiger partial charge in [0.1, 0.15) is 24.6 Å². The Hall–Kier alpha value is -2.95. The van der Waals surface area contributed by atoms with Crippen molar-refractivity contribution in [2.75, 3.05) is 13.2 Å². The highest BCUT2D eigenvalue weighted by molar-refractivity contribution is 9.10. The molecule has 0 saturated carbocycles. The van der Waals surface area contributed by atoms with E-state index in [1.807, 2.05) is 0 Å². The SMILES string of the molecule is O=C(O)c1cc(S(=O)(=O)NC(c2ccccc2)c2ccc(Br)cc2F)cc2c1OCCO2. The van der Waals surface area contributed by atoms with Crippen LogP contribution < -0.4 is 14.2 Å². The van der Waals surface area contributed by atoms with Crippen LogP contribution in [0.3, 0.4) is 0 Å². The van der Waals surface area contributed by atoms with Gasteiger partial charge in [-0.05, 0) is 23.8 Å². The molecule has 1 aliphatic rings. The molecule has 4 rings (SSSR count). The molecular formula is C22H17BrFNO6S. The van der Waals surface area contributed by atoms with Crippen LogP contribution in [0, 0.1) is 5.82 Å². The molecule has 1 atom stereocenters. The van der Waals surface area contributed by atoms with Crippen LogP contribution in [0.5, 0.6) is 11.5 Å². The average molecular weight is 522 g/mol. The maximum Gasteiger partial charge on any atom is 0.339 e. The molecule has 1 unspecified atom stereocenters. The molecule has 10 heteroatoms. The molecule has 3 aromatic carbocycles. The predicted octanol–water partition coefficient (Wildman–Crippen LogP) is 4.13. The second-order valence-electron chi connectivity index (χ2n) is 6.93. The number of hydrogen-bond donors (Lipinski definition) is 2. The minimum Gasteiger partial charge on any atom is -0.486 e. The van der Waals surface area contributed by atoms with E-state index in [2.05, 4.69) is 20.7 Å². The van der Waals surface area contributed by atoms with Gasteiger partial charge in [-0.15, -0.1) is 0 Å². The number of aromatic carboxylic acids is 1. The van der Waals surface area contributed by atoms with Crippen molar-refractivity contribution in [1.82, 2.24) is 4.72 Å². The number of carboxylic acids is 1. The highest BCUT2D eigenvalue weighted by Crippen LogP contribution is 2.37. The van der Waals surface area contributed by atoms with Gasteiger partial charge < -0.3 is 14.6 Å². The van der Waals surface area contributed by atoms with Crippen LogP contribution in [0.4, 0.5) is 4.39 Å². The van der Waals surface area contributed by atoms with Crippen molar-refractivity contribution >= 4 is 31.9 Å². The first-order chi connectivity index (χ1) is 15.3. The van der Waals surface area contributed by atoms with Crippen molar-refractivity contribution in [1.29, 1.82) is 0 Å². The number of carbonyl (C=O) groups is 1. The molecule has 7 nitrogen and oxygen atoms in total. The quantitative estimate of drug-likeness (QED) is 0.505. The highest BCUT2D eigenvalue weighted by Gasteiger charge is 2.29. The second kappa shape index (κ2) is 8.89. The molecule has 0 fully saturated rings. The Morgan fingerprint density at radius 1 is 1.06 bits per heavy atom. The number of carboxylic acid groups (broad SMARTS) is 1. The molecule has 166 valence electrons. The Kier molecular flexibility index (Phi) is 6.18. The first-order valence-electron chi connectivity index (χ1n) is 9.45. The van der Waals surface area contributed by atoms with Gasteiger partial charge in [0.2, 0.25) is 10.0 Å². The van der Waals surface area contributed by atoms with Crippen LogP contribution in [-0.2, 0) is 10.0 Å². The number of ether oxygens (including phenoxy) is 2. The van der Waals surface area contributed by atoms with Crippen LogP contribution in [-0.4, -0.2) is 32.7 Å². The maximum absolute atomic E-state index is 14.8. The number of benzene rings is 3. The van der Waals surface area contributed by atoms with Gasteiger partial charge in [0, 0.05) is 16.1 Å². The maximum atomic E-state index is 14.8. The molecule has 3 aromatic rings. The van der Waals surface area contributed by atoms with Crippen molar-refractivity contribution in [3.63, 3.8) is 0 Å². The van der Waals surface area contributed by atoms with E-state index in [1.54, 1.807) is 36.4 Å². The standard InChI is InChI=1S/C22H17BrFNO6S/c23-14-6-7-16(18(24)10-14)20(13-4-2-1-3-5-13)25-32(28,29)15-11-17(22(26)27)21-19(12-15)30-8-9-31-21/h1-7,10-12,20,25H,8-9H2,(H,26,27). The van der Waals surface area contributed by atoms with Gasteiger partial charge in [-0.2, -0.15) is 4.72 Å². The second-order valence-corrected chi connectivity index (χ2v) is 9.56. The molecule has 0 aliphatic carbocycles. The van der Waals surface area contributed by atoms with Gasteiger partial charge in [-0.3, -0.25) is 0 Å². The zero-order chi connectivity index (χ0) is 22.9. The van der Waals surface area contributed by atoms with E-state index in [-0.39, 0.29) is 40.7 Å². The van der Waals surface area contributed by atoms with Gasteiger partial charge in [0.05, 0.1) is 10.9 Å². The smallest absolute Gasteiger partial charge is 0.339 e. The van der Waals surface area contributed by atoms with Crippen molar-refractivity contribution in [2.24, 2.45) is 0 Å². The summed E-state index contributed by atoms with van der Waals surface area (Å²) in [5.41, 5.74) is 0.279. The summed E-state index contributed by atoms with van der Waals surface area (Å²) in [5, 5.41) is 9.53. The van der Waals surface area contributed by atoms with Crippen LogP contribution in [0.15, 0.2) is 70.0 Å². The molecular weight excluding hydrogens is 505 g/mol. The van der Waals surface area contributed by atoms with E-state index >= 15 is 0 Å². The summed E-state index contributed by atoms with van der Waals surface area (Å²) >= 11 is 3.20. The third kappa shape index (κ3) is 4.47. The van der Waals surface area contributed by atoms with Gasteiger partial charge in [-0.25, -0.2) is 17.6 Å². The van der Waals surface area contributed by atoms with Gasteiger partial charge in [-0.1, -0.05) is 52.3 Å². The van der Waals surface area contributed by atoms with E-state index < -0.39 is 27.9 Å². The molecule has 0 amide bonds. The van der Waals surface area contributed by atoms with Gasteiger partial charge in [0.15, 0.2) is 11.5 Å². The fraction of sp³-hybridized carbons (Fsp3) is 0.136. The fourth-order valence-corrected chi connectivity index (χ4v) is 4.94. The highest BCUT2D eigenvalue weighted by atomic mass is 79.9. The number of rotatable bonds is 6. The lowest BCUT2D eigenvalue weighted by Crippen LogP contribution is -2.30. The Morgan fingerprint density at radius 2 is 1.78 bits per heavy atom. The molecule has 0 saturated heterocycles. The van der Waals surface area contributed by atoms with Crippen molar-refractivity contribution in [3.8, 4) is 11.5 Å². The largest absolute Gasteiger partial charge is 0.486 e. The summed E-state index contributed by atoms with van der Waals surface area (Å²) in [7, 11) is -4.30. The molecule has 1 aliphatic heterocycles. The molecule has 1 heterocycles. The predicted molar refractivity (Wildman–Crippen MR) is 117 cm³/mol. The van der Waals surface area contributed by atoms with Crippen LogP contribution in [0.25, 0.3) is 0 Å². The molecule has 0 radical (unpaired) electrons. The Morgan fingerprint density at radius 3 is 2.47 bits per heavy atom. The third-order valence-corrected chi connectivity index (χ3v) is 6.73.